The molecule has 0 amide bonds. The summed E-state index contributed by atoms with van der Waals surface area (Å²) in [6.45, 7) is 1.97. The van der Waals surface area contributed by atoms with Crippen molar-refractivity contribution in [2.45, 2.75) is 13.0 Å². The third-order valence-corrected chi connectivity index (χ3v) is 1.45. The van der Waals surface area contributed by atoms with E-state index in [9.17, 15) is 9.90 Å². The standard InChI is InChI=1S/C8H11NO3/c1-2-12-8(11)7(10)6-3-4-9-5-6/h3-5,7,9-10H,2H2,1H3. The Morgan fingerprint density at radius 2 is 2.58 bits per heavy atom. The summed E-state index contributed by atoms with van der Waals surface area (Å²) in [7, 11) is 0. The molecule has 1 rings (SSSR count). The molecule has 4 nitrogen and oxygen atoms in total. The predicted molar refractivity (Wildman–Crippen MR) is 42.4 cm³/mol. The zero-order valence-corrected chi connectivity index (χ0v) is 6.78. The van der Waals surface area contributed by atoms with E-state index in [-0.39, 0.29) is 6.61 Å². The van der Waals surface area contributed by atoms with Crippen molar-refractivity contribution in [3.05, 3.63) is 24.0 Å². The molecule has 1 heterocycles. The fourth-order valence-electron chi connectivity index (χ4n) is 0.864. The van der Waals surface area contributed by atoms with Crippen molar-refractivity contribution in [3.8, 4) is 0 Å². The van der Waals surface area contributed by atoms with Crippen LogP contribution in [-0.4, -0.2) is 22.7 Å². The molecule has 0 aliphatic heterocycles. The molecule has 0 fully saturated rings. The molecule has 0 aromatic carbocycles. The summed E-state index contributed by atoms with van der Waals surface area (Å²) in [5.74, 6) is -0.614. The number of hydrogen-bond donors (Lipinski definition) is 2. The maximum Gasteiger partial charge on any atom is 0.339 e. The number of carbonyl (C=O) groups excluding carboxylic acids is 1. The molecule has 0 saturated heterocycles. The maximum atomic E-state index is 11.0. The summed E-state index contributed by atoms with van der Waals surface area (Å²) in [5, 5.41) is 9.31. The first-order chi connectivity index (χ1) is 5.75. The van der Waals surface area contributed by atoms with Crippen molar-refractivity contribution in [1.29, 1.82) is 0 Å². The van der Waals surface area contributed by atoms with Crippen molar-refractivity contribution in [1.82, 2.24) is 4.98 Å². The molecule has 1 aromatic rings. The van der Waals surface area contributed by atoms with Crippen molar-refractivity contribution in [2.75, 3.05) is 6.61 Å². The molecular weight excluding hydrogens is 158 g/mol. The number of hydrogen-bond acceptors (Lipinski definition) is 3. The molecule has 0 bridgehead atoms. The van der Waals surface area contributed by atoms with Gasteiger partial charge in [-0.2, -0.15) is 0 Å². The molecule has 1 unspecified atom stereocenters. The quantitative estimate of drug-likeness (QED) is 0.652. The second-order valence-electron chi connectivity index (χ2n) is 2.30. The molecule has 1 atom stereocenters. The third kappa shape index (κ3) is 1.85. The van der Waals surface area contributed by atoms with Crippen molar-refractivity contribution in [3.63, 3.8) is 0 Å². The summed E-state index contributed by atoms with van der Waals surface area (Å²) in [6.07, 6.45) is 2.02. The van der Waals surface area contributed by atoms with Crippen LogP contribution in [0.3, 0.4) is 0 Å². The molecule has 0 saturated carbocycles. The van der Waals surface area contributed by atoms with Crippen LogP contribution in [0.15, 0.2) is 18.5 Å². The summed E-state index contributed by atoms with van der Waals surface area (Å²) in [4.78, 5) is 13.7. The van der Waals surface area contributed by atoms with Crippen LogP contribution in [0.2, 0.25) is 0 Å². The van der Waals surface area contributed by atoms with E-state index in [1.807, 2.05) is 0 Å². The lowest BCUT2D eigenvalue weighted by atomic mass is 10.2. The molecule has 2 N–H and O–H groups in total. The van der Waals surface area contributed by atoms with E-state index in [4.69, 9.17) is 0 Å². The highest BCUT2D eigenvalue weighted by molar-refractivity contribution is 5.76. The first kappa shape index (κ1) is 8.80. The van der Waals surface area contributed by atoms with Crippen LogP contribution >= 0.6 is 0 Å². The van der Waals surface area contributed by atoms with Gasteiger partial charge in [-0.1, -0.05) is 0 Å². The molecule has 0 spiro atoms. The van der Waals surface area contributed by atoms with Crippen LogP contribution in [0.1, 0.15) is 18.6 Å². The van der Waals surface area contributed by atoms with Crippen LogP contribution < -0.4 is 0 Å². The van der Waals surface area contributed by atoms with E-state index in [2.05, 4.69) is 9.72 Å². The van der Waals surface area contributed by atoms with E-state index >= 15 is 0 Å². The third-order valence-electron chi connectivity index (χ3n) is 1.45. The fraction of sp³-hybridized carbons (Fsp3) is 0.375. The van der Waals surface area contributed by atoms with Gasteiger partial charge in [0.15, 0.2) is 6.10 Å². The normalized spacial score (nSPS) is 12.5. The lowest BCUT2D eigenvalue weighted by Crippen LogP contribution is -2.14. The highest BCUT2D eigenvalue weighted by Crippen LogP contribution is 2.12. The van der Waals surface area contributed by atoms with Gasteiger partial charge in [0, 0.05) is 18.0 Å². The van der Waals surface area contributed by atoms with Gasteiger partial charge in [0.25, 0.3) is 0 Å². The lowest BCUT2D eigenvalue weighted by Gasteiger charge is -2.06. The molecule has 0 radical (unpaired) electrons. The van der Waals surface area contributed by atoms with Gasteiger partial charge < -0.3 is 14.8 Å². The van der Waals surface area contributed by atoms with Crippen LogP contribution in [0, 0.1) is 0 Å². The van der Waals surface area contributed by atoms with Gasteiger partial charge in [-0.05, 0) is 13.0 Å². The van der Waals surface area contributed by atoms with Crippen molar-refractivity contribution < 1.29 is 14.6 Å². The molecule has 4 heteroatoms. The molecule has 0 aliphatic carbocycles. The van der Waals surface area contributed by atoms with Crippen molar-refractivity contribution in [2.24, 2.45) is 0 Å². The van der Waals surface area contributed by atoms with Crippen LogP contribution in [0.25, 0.3) is 0 Å². The van der Waals surface area contributed by atoms with Crippen LogP contribution in [-0.2, 0) is 9.53 Å². The summed E-state index contributed by atoms with van der Waals surface area (Å²) >= 11 is 0. The Kier molecular flexibility index (Phi) is 2.88. The smallest absolute Gasteiger partial charge is 0.339 e. The zero-order chi connectivity index (χ0) is 8.97. The van der Waals surface area contributed by atoms with Gasteiger partial charge in [0.1, 0.15) is 0 Å². The molecule has 1 aromatic heterocycles. The minimum atomic E-state index is -1.17. The van der Waals surface area contributed by atoms with E-state index in [0.717, 1.165) is 0 Å². The van der Waals surface area contributed by atoms with E-state index in [1.54, 1.807) is 25.4 Å². The number of esters is 1. The Balaban J connectivity index is 2.59. The Labute approximate surface area is 70.2 Å². The van der Waals surface area contributed by atoms with Gasteiger partial charge in [-0.15, -0.1) is 0 Å². The number of carbonyl (C=O) groups is 1. The Bertz CT molecular complexity index is 243. The molecular formula is C8H11NO3. The highest BCUT2D eigenvalue weighted by atomic mass is 16.5. The Hall–Kier alpha value is -1.29. The van der Waals surface area contributed by atoms with Gasteiger partial charge in [-0.25, -0.2) is 4.79 Å². The number of rotatable bonds is 3. The van der Waals surface area contributed by atoms with E-state index in [0.29, 0.717) is 5.56 Å². The number of aliphatic hydroxyl groups is 1. The topological polar surface area (TPSA) is 62.3 Å². The predicted octanol–water partition coefficient (Wildman–Crippen LogP) is 0.611. The number of aliphatic hydroxyl groups excluding tert-OH is 1. The SMILES string of the molecule is CCOC(=O)C(O)c1cc[nH]c1. The number of aromatic amines is 1. The van der Waals surface area contributed by atoms with Crippen LogP contribution in [0.4, 0.5) is 0 Å². The summed E-state index contributed by atoms with van der Waals surface area (Å²) in [6, 6.07) is 1.63. The zero-order valence-electron chi connectivity index (χ0n) is 6.78. The lowest BCUT2D eigenvalue weighted by molar-refractivity contribution is -0.153. The minimum absolute atomic E-state index is 0.278. The molecule has 12 heavy (non-hydrogen) atoms. The van der Waals surface area contributed by atoms with Gasteiger partial charge in [0.05, 0.1) is 6.61 Å². The number of nitrogens with one attached hydrogen (secondary N) is 1. The second-order valence-corrected chi connectivity index (χ2v) is 2.30. The van der Waals surface area contributed by atoms with Crippen LogP contribution in [0.5, 0.6) is 0 Å². The summed E-state index contributed by atoms with van der Waals surface area (Å²) in [5.41, 5.74) is 0.522. The van der Waals surface area contributed by atoms with Gasteiger partial charge >= 0.3 is 5.97 Å². The Morgan fingerprint density at radius 1 is 1.83 bits per heavy atom. The monoisotopic (exact) mass is 169 g/mol. The summed E-state index contributed by atoms with van der Waals surface area (Å²) < 4.78 is 4.62. The first-order valence-corrected chi connectivity index (χ1v) is 3.73. The maximum absolute atomic E-state index is 11.0. The molecule has 0 aliphatic rings. The van der Waals surface area contributed by atoms with Gasteiger partial charge in [-0.3, -0.25) is 0 Å². The van der Waals surface area contributed by atoms with Gasteiger partial charge in [0.2, 0.25) is 0 Å². The van der Waals surface area contributed by atoms with E-state index < -0.39 is 12.1 Å². The number of H-pyrrole nitrogens is 1. The first-order valence-electron chi connectivity index (χ1n) is 3.73. The second kappa shape index (κ2) is 3.92. The molecule has 66 valence electrons. The number of ether oxygens (including phenoxy) is 1. The van der Waals surface area contributed by atoms with Crippen molar-refractivity contribution >= 4 is 5.97 Å². The minimum Gasteiger partial charge on any atom is -0.464 e. The Morgan fingerprint density at radius 3 is 3.08 bits per heavy atom. The average molecular weight is 169 g/mol. The highest BCUT2D eigenvalue weighted by Gasteiger charge is 2.18. The number of aromatic nitrogens is 1. The largest absolute Gasteiger partial charge is 0.464 e. The average Bonchev–Trinajstić information content (AvgIpc) is 2.55. The van der Waals surface area contributed by atoms with E-state index in [1.165, 1.54) is 0 Å². The fourth-order valence-corrected chi connectivity index (χ4v) is 0.864.